The molecule has 1 unspecified atom stereocenters. The van der Waals surface area contributed by atoms with E-state index in [0.717, 1.165) is 40.4 Å². The third kappa shape index (κ3) is 3.74. The third-order valence-electron chi connectivity index (χ3n) is 6.78. The fourth-order valence-electron chi connectivity index (χ4n) is 4.85. The van der Waals surface area contributed by atoms with Crippen LogP contribution in [-0.2, 0) is 10.2 Å². The van der Waals surface area contributed by atoms with Gasteiger partial charge < -0.3 is 19.8 Å². The van der Waals surface area contributed by atoms with E-state index in [4.69, 9.17) is 9.47 Å². The molecule has 0 radical (unpaired) electrons. The summed E-state index contributed by atoms with van der Waals surface area (Å²) in [6.45, 7) is 0.457. The Morgan fingerprint density at radius 2 is 1.70 bits per heavy atom. The molecule has 1 fully saturated rings. The fourth-order valence-corrected chi connectivity index (χ4v) is 4.85. The predicted molar refractivity (Wildman–Crippen MR) is 130 cm³/mol. The molecule has 0 saturated heterocycles. The third-order valence-corrected chi connectivity index (χ3v) is 6.78. The maximum atomic E-state index is 13.4. The summed E-state index contributed by atoms with van der Waals surface area (Å²) in [7, 11) is 3.29. The van der Waals surface area contributed by atoms with Crippen molar-refractivity contribution in [3.8, 4) is 11.5 Å². The smallest absolute Gasteiger partial charge is 0.230 e. The van der Waals surface area contributed by atoms with Crippen molar-refractivity contribution in [2.24, 2.45) is 0 Å². The van der Waals surface area contributed by atoms with Gasteiger partial charge in [0.1, 0.15) is 0 Å². The van der Waals surface area contributed by atoms with Crippen molar-refractivity contribution in [1.29, 1.82) is 0 Å². The van der Waals surface area contributed by atoms with Crippen molar-refractivity contribution in [2.75, 3.05) is 20.8 Å². The van der Waals surface area contributed by atoms with E-state index in [-0.39, 0.29) is 11.8 Å². The molecular weight excluding hydrogens is 412 g/mol. The molecule has 33 heavy (non-hydrogen) atoms. The molecule has 5 heteroatoms. The minimum Gasteiger partial charge on any atom is -0.493 e. The first-order valence-corrected chi connectivity index (χ1v) is 11.3. The van der Waals surface area contributed by atoms with Crippen LogP contribution in [0.4, 0.5) is 0 Å². The topological polar surface area (TPSA) is 63.3 Å². The van der Waals surface area contributed by atoms with Gasteiger partial charge in [0, 0.05) is 35.1 Å². The van der Waals surface area contributed by atoms with Crippen molar-refractivity contribution < 1.29 is 14.3 Å². The highest BCUT2D eigenvalue weighted by molar-refractivity contribution is 5.91. The number of rotatable bonds is 8. The first kappa shape index (κ1) is 21.1. The lowest BCUT2D eigenvalue weighted by Crippen LogP contribution is -2.37. The average Bonchev–Trinajstić information content (AvgIpc) is 3.59. The van der Waals surface area contributed by atoms with Gasteiger partial charge in [-0.05, 0) is 36.1 Å². The SMILES string of the molecule is COc1cccc(C(CNC(=O)C2(c3ccccc3)CC2)c2c[nH]c3ccccc23)c1OC. The molecule has 2 N–H and O–H groups in total. The van der Waals surface area contributed by atoms with Crippen LogP contribution in [0, 0.1) is 0 Å². The second-order valence-electron chi connectivity index (χ2n) is 8.58. The largest absolute Gasteiger partial charge is 0.493 e. The number of nitrogens with one attached hydrogen (secondary N) is 2. The molecule has 5 rings (SSSR count). The van der Waals surface area contributed by atoms with Crippen LogP contribution < -0.4 is 14.8 Å². The van der Waals surface area contributed by atoms with Gasteiger partial charge in [-0.3, -0.25) is 4.79 Å². The number of hydrogen-bond donors (Lipinski definition) is 2. The molecule has 0 spiro atoms. The Morgan fingerprint density at radius 1 is 0.939 bits per heavy atom. The summed E-state index contributed by atoms with van der Waals surface area (Å²) < 4.78 is 11.3. The molecule has 4 aromatic rings. The summed E-state index contributed by atoms with van der Waals surface area (Å²) in [4.78, 5) is 16.8. The van der Waals surface area contributed by atoms with Crippen molar-refractivity contribution in [3.63, 3.8) is 0 Å². The van der Waals surface area contributed by atoms with E-state index in [0.29, 0.717) is 18.0 Å². The monoisotopic (exact) mass is 440 g/mol. The Bertz CT molecular complexity index is 1270. The number of ether oxygens (including phenoxy) is 2. The lowest BCUT2D eigenvalue weighted by Gasteiger charge is -2.23. The molecule has 0 aliphatic heterocycles. The molecule has 1 aliphatic rings. The quantitative estimate of drug-likeness (QED) is 0.398. The van der Waals surface area contributed by atoms with Crippen LogP contribution in [0.3, 0.4) is 0 Å². The summed E-state index contributed by atoms with van der Waals surface area (Å²) >= 11 is 0. The van der Waals surface area contributed by atoms with Crippen molar-refractivity contribution in [3.05, 3.63) is 95.7 Å². The van der Waals surface area contributed by atoms with Gasteiger partial charge in [-0.2, -0.15) is 0 Å². The number of carbonyl (C=O) groups is 1. The first-order valence-electron chi connectivity index (χ1n) is 11.3. The number of fused-ring (bicyclic) bond motifs is 1. The van der Waals surface area contributed by atoms with Gasteiger partial charge in [0.15, 0.2) is 11.5 Å². The van der Waals surface area contributed by atoms with Crippen molar-refractivity contribution >= 4 is 16.8 Å². The van der Waals surface area contributed by atoms with E-state index in [1.165, 1.54) is 0 Å². The molecule has 168 valence electrons. The number of aromatic nitrogens is 1. The molecule has 1 amide bonds. The lowest BCUT2D eigenvalue weighted by atomic mass is 9.89. The zero-order valence-corrected chi connectivity index (χ0v) is 18.9. The number of carbonyl (C=O) groups excluding carboxylic acids is 1. The van der Waals surface area contributed by atoms with E-state index < -0.39 is 5.41 Å². The summed E-state index contributed by atoms with van der Waals surface area (Å²) in [6.07, 6.45) is 3.79. The maximum absolute atomic E-state index is 13.4. The van der Waals surface area contributed by atoms with E-state index in [9.17, 15) is 4.79 Å². The van der Waals surface area contributed by atoms with Crippen LogP contribution in [0.15, 0.2) is 79.0 Å². The molecule has 1 atom stereocenters. The van der Waals surface area contributed by atoms with Crippen molar-refractivity contribution in [1.82, 2.24) is 10.3 Å². The number of para-hydroxylation sites is 2. The van der Waals surface area contributed by atoms with Crippen LogP contribution in [0.25, 0.3) is 10.9 Å². The van der Waals surface area contributed by atoms with E-state index in [1.807, 2.05) is 54.7 Å². The number of aromatic amines is 1. The predicted octanol–water partition coefficient (Wildman–Crippen LogP) is 5.17. The highest BCUT2D eigenvalue weighted by atomic mass is 16.5. The standard InChI is InChI=1S/C28H28N2O3/c1-32-25-14-8-12-21(26(25)33-2)23(22-17-29-24-13-7-6-11-20(22)24)18-30-27(31)28(15-16-28)19-9-4-3-5-10-19/h3-14,17,23,29H,15-16,18H2,1-2H3,(H,30,31). The maximum Gasteiger partial charge on any atom is 0.230 e. The van der Waals surface area contributed by atoms with Crippen LogP contribution in [0.5, 0.6) is 11.5 Å². The Balaban J connectivity index is 1.51. The second kappa shape index (κ2) is 8.66. The Morgan fingerprint density at radius 3 is 2.42 bits per heavy atom. The first-order chi connectivity index (χ1) is 16.2. The highest BCUT2D eigenvalue weighted by Gasteiger charge is 2.51. The number of amides is 1. The molecule has 0 bridgehead atoms. The highest BCUT2D eigenvalue weighted by Crippen LogP contribution is 2.48. The normalized spacial score (nSPS) is 15.1. The number of H-pyrrole nitrogens is 1. The van der Waals surface area contributed by atoms with Crippen molar-refractivity contribution in [2.45, 2.75) is 24.2 Å². The summed E-state index contributed by atoms with van der Waals surface area (Å²) in [5, 5.41) is 4.41. The van der Waals surface area contributed by atoms with Crippen LogP contribution in [0.1, 0.15) is 35.4 Å². The lowest BCUT2D eigenvalue weighted by molar-refractivity contribution is -0.123. The molecule has 1 heterocycles. The van der Waals surface area contributed by atoms with Gasteiger partial charge >= 0.3 is 0 Å². The zero-order valence-electron chi connectivity index (χ0n) is 18.9. The average molecular weight is 441 g/mol. The number of methoxy groups -OCH3 is 2. The van der Waals surface area contributed by atoms with E-state index in [2.05, 4.69) is 34.6 Å². The van der Waals surface area contributed by atoms with Crippen LogP contribution in [0.2, 0.25) is 0 Å². The minimum atomic E-state index is -0.412. The summed E-state index contributed by atoms with van der Waals surface area (Å²) in [5.74, 6) is 1.34. The molecule has 5 nitrogen and oxygen atoms in total. The van der Waals surface area contributed by atoms with E-state index in [1.54, 1.807) is 14.2 Å². The molecule has 1 aliphatic carbocycles. The summed E-state index contributed by atoms with van der Waals surface area (Å²) in [6, 6.07) is 24.2. The summed E-state index contributed by atoms with van der Waals surface area (Å²) in [5.41, 5.74) is 3.83. The van der Waals surface area contributed by atoms with Gasteiger partial charge in [-0.25, -0.2) is 0 Å². The second-order valence-corrected chi connectivity index (χ2v) is 8.58. The van der Waals surface area contributed by atoms with E-state index >= 15 is 0 Å². The Hall–Kier alpha value is -3.73. The molecule has 3 aromatic carbocycles. The van der Waals surface area contributed by atoms with Gasteiger partial charge in [0.2, 0.25) is 5.91 Å². The van der Waals surface area contributed by atoms with Crippen LogP contribution >= 0.6 is 0 Å². The Labute approximate surface area is 193 Å². The number of hydrogen-bond acceptors (Lipinski definition) is 3. The van der Waals surface area contributed by atoms with Gasteiger partial charge in [0.25, 0.3) is 0 Å². The fraction of sp³-hybridized carbons (Fsp3) is 0.250. The molecule has 1 saturated carbocycles. The van der Waals surface area contributed by atoms with Crippen LogP contribution in [-0.4, -0.2) is 31.7 Å². The van der Waals surface area contributed by atoms with Gasteiger partial charge in [-0.15, -0.1) is 0 Å². The minimum absolute atomic E-state index is 0.0837. The Kier molecular flexibility index (Phi) is 5.55. The molecule has 1 aromatic heterocycles. The number of benzene rings is 3. The molecular formula is C28H28N2O3. The zero-order chi connectivity index (χ0) is 22.8. The van der Waals surface area contributed by atoms with Gasteiger partial charge in [-0.1, -0.05) is 60.7 Å². The van der Waals surface area contributed by atoms with Gasteiger partial charge in [0.05, 0.1) is 19.6 Å².